The second-order valence-electron chi connectivity index (χ2n) is 4.16. The molecule has 1 heterocycles. The summed E-state index contributed by atoms with van der Waals surface area (Å²) in [5.41, 5.74) is 0.638. The van der Waals surface area contributed by atoms with E-state index in [-0.39, 0.29) is 17.9 Å². The summed E-state index contributed by atoms with van der Waals surface area (Å²) in [4.78, 5) is 24.9. The van der Waals surface area contributed by atoms with Crippen molar-refractivity contribution in [2.75, 3.05) is 13.6 Å². The Morgan fingerprint density at radius 3 is 2.88 bits per heavy atom. The van der Waals surface area contributed by atoms with E-state index in [0.717, 1.165) is 3.57 Å². The largest absolute Gasteiger partial charge is 0.347 e. The molecule has 0 saturated carbocycles. The first kappa shape index (κ1) is 12.3. The average Bonchev–Trinajstić information content (AvgIpc) is 2.58. The van der Waals surface area contributed by atoms with Crippen LogP contribution in [0.4, 0.5) is 0 Å². The second-order valence-corrected chi connectivity index (χ2v) is 5.40. The fraction of sp³-hybridized carbons (Fsp3) is 0.333. The van der Waals surface area contributed by atoms with Crippen molar-refractivity contribution >= 4 is 34.4 Å². The average molecular weight is 344 g/mol. The van der Waals surface area contributed by atoms with Crippen LogP contribution < -0.4 is 5.32 Å². The number of amides is 2. The standard InChI is InChI=1S/C12H13IN2O2/c1-15-7-10(6-11(15)16)14-12(17)8-3-2-4-9(13)5-8/h2-5,10H,6-7H2,1H3,(H,14,17). The van der Waals surface area contributed by atoms with Crippen LogP contribution in [0.15, 0.2) is 24.3 Å². The molecule has 0 bridgehead atoms. The molecule has 1 aliphatic rings. The molecule has 1 saturated heterocycles. The Labute approximate surface area is 114 Å². The van der Waals surface area contributed by atoms with Crippen molar-refractivity contribution in [1.82, 2.24) is 10.2 Å². The van der Waals surface area contributed by atoms with Crippen molar-refractivity contribution < 1.29 is 9.59 Å². The third kappa shape index (κ3) is 2.96. The Hall–Kier alpha value is -1.11. The SMILES string of the molecule is CN1CC(NC(=O)c2cccc(I)c2)CC1=O. The van der Waals surface area contributed by atoms with Crippen LogP contribution in [0.25, 0.3) is 0 Å². The summed E-state index contributed by atoms with van der Waals surface area (Å²) in [7, 11) is 1.75. The van der Waals surface area contributed by atoms with Crippen LogP contribution in [0.2, 0.25) is 0 Å². The Bertz CT molecular complexity index is 462. The van der Waals surface area contributed by atoms with E-state index in [0.29, 0.717) is 18.5 Å². The molecule has 0 spiro atoms. The van der Waals surface area contributed by atoms with E-state index < -0.39 is 0 Å². The highest BCUT2D eigenvalue weighted by molar-refractivity contribution is 14.1. The van der Waals surface area contributed by atoms with Gasteiger partial charge in [-0.15, -0.1) is 0 Å². The maximum absolute atomic E-state index is 11.9. The highest BCUT2D eigenvalue weighted by Gasteiger charge is 2.27. The molecule has 2 amide bonds. The zero-order chi connectivity index (χ0) is 12.4. The third-order valence-electron chi connectivity index (χ3n) is 2.76. The Morgan fingerprint density at radius 2 is 2.29 bits per heavy atom. The molecule has 1 unspecified atom stereocenters. The van der Waals surface area contributed by atoms with Gasteiger partial charge < -0.3 is 10.2 Å². The molecule has 0 aliphatic carbocycles. The van der Waals surface area contributed by atoms with Crippen LogP contribution >= 0.6 is 22.6 Å². The maximum atomic E-state index is 11.9. The highest BCUT2D eigenvalue weighted by atomic mass is 127. The van der Waals surface area contributed by atoms with Gasteiger partial charge in [0.25, 0.3) is 5.91 Å². The molecule has 0 radical (unpaired) electrons. The van der Waals surface area contributed by atoms with E-state index in [9.17, 15) is 9.59 Å². The van der Waals surface area contributed by atoms with Crippen LogP contribution in [-0.4, -0.2) is 36.3 Å². The van der Waals surface area contributed by atoms with Gasteiger partial charge in [-0.2, -0.15) is 0 Å². The third-order valence-corrected chi connectivity index (χ3v) is 3.43. The van der Waals surface area contributed by atoms with Gasteiger partial charge >= 0.3 is 0 Å². The molecule has 1 atom stereocenters. The van der Waals surface area contributed by atoms with Crippen molar-refractivity contribution in [3.8, 4) is 0 Å². The molecule has 90 valence electrons. The molecular formula is C12H13IN2O2. The van der Waals surface area contributed by atoms with Crippen molar-refractivity contribution in [3.05, 3.63) is 33.4 Å². The van der Waals surface area contributed by atoms with E-state index in [1.165, 1.54) is 0 Å². The summed E-state index contributed by atoms with van der Waals surface area (Å²) in [5.74, 6) is -0.0328. The first-order valence-corrected chi connectivity index (χ1v) is 6.44. The fourth-order valence-corrected chi connectivity index (χ4v) is 2.40. The molecule has 1 fully saturated rings. The summed E-state index contributed by atoms with van der Waals surface area (Å²) in [6.07, 6.45) is 0.395. The quantitative estimate of drug-likeness (QED) is 0.821. The van der Waals surface area contributed by atoms with Gasteiger partial charge in [0.1, 0.15) is 0 Å². The summed E-state index contributed by atoms with van der Waals surface area (Å²) >= 11 is 2.17. The van der Waals surface area contributed by atoms with Gasteiger partial charge in [0.15, 0.2) is 0 Å². The van der Waals surface area contributed by atoms with Crippen molar-refractivity contribution in [1.29, 1.82) is 0 Å². The number of nitrogens with zero attached hydrogens (tertiary/aromatic N) is 1. The Morgan fingerprint density at radius 1 is 1.53 bits per heavy atom. The van der Waals surface area contributed by atoms with E-state index in [1.54, 1.807) is 18.0 Å². The zero-order valence-corrected chi connectivity index (χ0v) is 11.6. The van der Waals surface area contributed by atoms with Gasteiger partial charge in [0.2, 0.25) is 5.91 Å². The molecule has 1 N–H and O–H groups in total. The van der Waals surface area contributed by atoms with Crippen molar-refractivity contribution in [2.24, 2.45) is 0 Å². The van der Waals surface area contributed by atoms with Crippen LogP contribution in [0.5, 0.6) is 0 Å². The van der Waals surface area contributed by atoms with Gasteiger partial charge in [-0.1, -0.05) is 6.07 Å². The minimum Gasteiger partial charge on any atom is -0.347 e. The molecular weight excluding hydrogens is 331 g/mol. The van der Waals surface area contributed by atoms with E-state index >= 15 is 0 Å². The number of carbonyl (C=O) groups excluding carboxylic acids is 2. The summed E-state index contributed by atoms with van der Waals surface area (Å²) < 4.78 is 1.02. The van der Waals surface area contributed by atoms with E-state index in [1.807, 2.05) is 18.2 Å². The molecule has 4 nitrogen and oxygen atoms in total. The number of likely N-dealkylation sites (tertiary alicyclic amines) is 1. The minimum atomic E-state index is -0.114. The van der Waals surface area contributed by atoms with Gasteiger partial charge in [-0.25, -0.2) is 0 Å². The van der Waals surface area contributed by atoms with Crippen LogP contribution in [-0.2, 0) is 4.79 Å². The lowest BCUT2D eigenvalue weighted by Gasteiger charge is -2.12. The molecule has 0 aromatic heterocycles. The Balaban J connectivity index is 2.01. The topological polar surface area (TPSA) is 49.4 Å². The predicted molar refractivity (Wildman–Crippen MR) is 72.7 cm³/mol. The van der Waals surface area contributed by atoms with Gasteiger partial charge in [-0.05, 0) is 40.8 Å². The summed E-state index contributed by atoms with van der Waals surface area (Å²) in [6.45, 7) is 0.592. The van der Waals surface area contributed by atoms with Gasteiger partial charge in [0, 0.05) is 29.1 Å². The number of rotatable bonds is 2. The lowest BCUT2D eigenvalue weighted by atomic mass is 10.2. The van der Waals surface area contributed by atoms with Crippen LogP contribution in [0.1, 0.15) is 16.8 Å². The number of nitrogens with one attached hydrogen (secondary N) is 1. The van der Waals surface area contributed by atoms with Crippen LogP contribution in [0.3, 0.4) is 0 Å². The molecule has 17 heavy (non-hydrogen) atoms. The first-order chi connectivity index (χ1) is 8.06. The molecule has 1 aromatic rings. The highest BCUT2D eigenvalue weighted by Crippen LogP contribution is 2.11. The van der Waals surface area contributed by atoms with Crippen molar-refractivity contribution in [2.45, 2.75) is 12.5 Å². The molecule has 5 heteroatoms. The fourth-order valence-electron chi connectivity index (χ4n) is 1.86. The van der Waals surface area contributed by atoms with Crippen molar-refractivity contribution in [3.63, 3.8) is 0 Å². The lowest BCUT2D eigenvalue weighted by Crippen LogP contribution is -2.36. The second kappa shape index (κ2) is 5.03. The number of benzene rings is 1. The Kier molecular flexibility index (Phi) is 3.66. The number of likely N-dealkylation sites (N-methyl/N-ethyl adjacent to an activating group) is 1. The summed E-state index contributed by atoms with van der Waals surface area (Å²) in [6, 6.07) is 7.32. The van der Waals surface area contributed by atoms with E-state index in [2.05, 4.69) is 27.9 Å². The van der Waals surface area contributed by atoms with E-state index in [4.69, 9.17) is 0 Å². The minimum absolute atomic E-state index is 0.0714. The van der Waals surface area contributed by atoms with Gasteiger partial charge in [-0.3, -0.25) is 9.59 Å². The number of carbonyl (C=O) groups is 2. The first-order valence-electron chi connectivity index (χ1n) is 5.36. The number of hydrogen-bond acceptors (Lipinski definition) is 2. The normalized spacial score (nSPS) is 19.5. The number of hydrogen-bond donors (Lipinski definition) is 1. The molecule has 1 aliphatic heterocycles. The molecule has 1 aromatic carbocycles. The zero-order valence-electron chi connectivity index (χ0n) is 9.44. The monoisotopic (exact) mass is 344 g/mol. The van der Waals surface area contributed by atoms with Crippen LogP contribution in [0, 0.1) is 3.57 Å². The maximum Gasteiger partial charge on any atom is 0.251 e. The molecule has 2 rings (SSSR count). The summed E-state index contributed by atoms with van der Waals surface area (Å²) in [5, 5.41) is 2.88. The predicted octanol–water partition coefficient (Wildman–Crippen LogP) is 1.25. The number of halogens is 1. The van der Waals surface area contributed by atoms with Gasteiger partial charge in [0.05, 0.1) is 6.04 Å². The lowest BCUT2D eigenvalue weighted by molar-refractivity contribution is -0.126. The smallest absolute Gasteiger partial charge is 0.251 e.